The first kappa shape index (κ1) is 12.3. The van der Waals surface area contributed by atoms with Crippen molar-refractivity contribution in [2.45, 2.75) is 13.5 Å². The Morgan fingerprint density at radius 2 is 2.22 bits per heavy atom. The Morgan fingerprint density at radius 3 is 2.83 bits per heavy atom. The maximum absolute atomic E-state index is 11.0. The Kier molecular flexibility index (Phi) is 3.43. The number of carbonyl (C=O) groups excluding carboxylic acids is 1. The van der Waals surface area contributed by atoms with Gasteiger partial charge in [0.1, 0.15) is 0 Å². The van der Waals surface area contributed by atoms with E-state index in [1.54, 1.807) is 4.68 Å². The second kappa shape index (κ2) is 5.01. The third-order valence-electron chi connectivity index (χ3n) is 2.66. The Bertz CT molecular complexity index is 574. The second-order valence-corrected chi connectivity index (χ2v) is 4.11. The normalized spacial score (nSPS) is 10.4. The van der Waals surface area contributed by atoms with Gasteiger partial charge < -0.3 is 11.1 Å². The Hall–Kier alpha value is -2.14. The number of nitrogens with one attached hydrogen (secondary N) is 1. The zero-order chi connectivity index (χ0) is 13.1. The molecule has 18 heavy (non-hydrogen) atoms. The molecule has 5 nitrogen and oxygen atoms in total. The average Bonchev–Trinajstić information content (AvgIpc) is 2.70. The average molecular weight is 244 g/mol. The van der Waals surface area contributed by atoms with Crippen LogP contribution in [-0.2, 0) is 18.4 Å². The Balaban J connectivity index is 2.34. The minimum atomic E-state index is -0.0872. The molecule has 1 aromatic carbocycles. The number of hydrogen-bond donors (Lipinski definition) is 2. The summed E-state index contributed by atoms with van der Waals surface area (Å²) in [5.74, 6) is -0.0872. The second-order valence-electron chi connectivity index (χ2n) is 4.11. The van der Waals surface area contributed by atoms with Crippen LogP contribution in [0.25, 0.3) is 11.3 Å². The molecular weight excluding hydrogens is 228 g/mol. The van der Waals surface area contributed by atoms with Gasteiger partial charge in [-0.3, -0.25) is 9.48 Å². The molecule has 0 aliphatic heterocycles. The summed E-state index contributed by atoms with van der Waals surface area (Å²) in [5, 5.41) is 7.15. The van der Waals surface area contributed by atoms with Crippen LogP contribution in [0.4, 0.5) is 5.69 Å². The van der Waals surface area contributed by atoms with Gasteiger partial charge in [0.05, 0.1) is 11.4 Å². The number of nitrogens with two attached hydrogens (primary N) is 1. The monoisotopic (exact) mass is 244 g/mol. The molecule has 0 aliphatic carbocycles. The largest absolute Gasteiger partial charge is 0.326 e. The summed E-state index contributed by atoms with van der Waals surface area (Å²) in [4.78, 5) is 11.0. The first-order valence-electron chi connectivity index (χ1n) is 5.71. The first-order chi connectivity index (χ1) is 8.60. The zero-order valence-electron chi connectivity index (χ0n) is 10.5. The topological polar surface area (TPSA) is 72.9 Å². The number of amides is 1. The summed E-state index contributed by atoms with van der Waals surface area (Å²) in [5.41, 5.74) is 9.16. The molecule has 0 saturated carbocycles. The lowest BCUT2D eigenvalue weighted by Crippen LogP contribution is -2.05. The van der Waals surface area contributed by atoms with E-state index in [2.05, 4.69) is 10.4 Å². The van der Waals surface area contributed by atoms with E-state index in [9.17, 15) is 4.79 Å². The van der Waals surface area contributed by atoms with Crippen molar-refractivity contribution >= 4 is 11.6 Å². The van der Waals surface area contributed by atoms with Crippen LogP contribution in [-0.4, -0.2) is 15.7 Å². The van der Waals surface area contributed by atoms with Gasteiger partial charge in [-0.15, -0.1) is 0 Å². The first-order valence-corrected chi connectivity index (χ1v) is 5.71. The van der Waals surface area contributed by atoms with Crippen molar-refractivity contribution in [3.63, 3.8) is 0 Å². The van der Waals surface area contributed by atoms with Crippen LogP contribution in [0.5, 0.6) is 0 Å². The van der Waals surface area contributed by atoms with Gasteiger partial charge in [-0.25, -0.2) is 0 Å². The van der Waals surface area contributed by atoms with Crippen LogP contribution in [0.1, 0.15) is 12.6 Å². The number of anilines is 1. The Morgan fingerprint density at radius 1 is 1.44 bits per heavy atom. The predicted molar refractivity (Wildman–Crippen MR) is 70.8 cm³/mol. The summed E-state index contributed by atoms with van der Waals surface area (Å²) in [6, 6.07) is 9.53. The van der Waals surface area contributed by atoms with Crippen molar-refractivity contribution in [2.24, 2.45) is 12.8 Å². The number of rotatable bonds is 3. The third-order valence-corrected chi connectivity index (χ3v) is 2.66. The fourth-order valence-corrected chi connectivity index (χ4v) is 1.80. The van der Waals surface area contributed by atoms with Crippen LogP contribution < -0.4 is 11.1 Å². The number of aromatic nitrogens is 2. The van der Waals surface area contributed by atoms with Crippen LogP contribution >= 0.6 is 0 Å². The van der Waals surface area contributed by atoms with Crippen molar-refractivity contribution in [3.8, 4) is 11.3 Å². The number of carbonyl (C=O) groups is 1. The van der Waals surface area contributed by atoms with Gasteiger partial charge in [0.25, 0.3) is 0 Å². The van der Waals surface area contributed by atoms with Crippen LogP contribution in [0.3, 0.4) is 0 Å². The highest BCUT2D eigenvalue weighted by Gasteiger charge is 2.06. The van der Waals surface area contributed by atoms with E-state index in [4.69, 9.17) is 5.73 Å². The SMILES string of the molecule is CC(=O)Nc1cccc(-c2cc(CN)n(C)n2)c1. The van der Waals surface area contributed by atoms with E-state index in [-0.39, 0.29) is 5.91 Å². The van der Waals surface area contributed by atoms with E-state index in [1.165, 1.54) is 6.92 Å². The van der Waals surface area contributed by atoms with Gasteiger partial charge in [-0.2, -0.15) is 5.10 Å². The van der Waals surface area contributed by atoms with Gasteiger partial charge in [0.15, 0.2) is 0 Å². The Labute approximate surface area is 106 Å². The summed E-state index contributed by atoms with van der Waals surface area (Å²) < 4.78 is 1.76. The maximum atomic E-state index is 11.0. The molecule has 2 aromatic rings. The number of hydrogen-bond acceptors (Lipinski definition) is 3. The van der Waals surface area contributed by atoms with Crippen LogP contribution in [0.2, 0.25) is 0 Å². The smallest absolute Gasteiger partial charge is 0.221 e. The summed E-state index contributed by atoms with van der Waals surface area (Å²) in [6.45, 7) is 1.94. The fraction of sp³-hybridized carbons (Fsp3) is 0.231. The molecule has 0 saturated heterocycles. The standard InChI is InChI=1S/C13H16N4O/c1-9(18)15-11-5-3-4-10(6-11)13-7-12(8-14)17(2)16-13/h3-7H,8,14H2,1-2H3,(H,15,18). The fourth-order valence-electron chi connectivity index (χ4n) is 1.80. The van der Waals surface area contributed by atoms with E-state index in [0.29, 0.717) is 6.54 Å². The highest BCUT2D eigenvalue weighted by molar-refractivity contribution is 5.89. The summed E-state index contributed by atoms with van der Waals surface area (Å²) in [6.07, 6.45) is 0. The van der Waals surface area contributed by atoms with E-state index in [1.807, 2.05) is 37.4 Å². The van der Waals surface area contributed by atoms with Gasteiger partial charge >= 0.3 is 0 Å². The van der Waals surface area contributed by atoms with Crippen LogP contribution in [0, 0.1) is 0 Å². The highest BCUT2D eigenvalue weighted by Crippen LogP contribution is 2.22. The van der Waals surface area contributed by atoms with Crippen molar-refractivity contribution in [1.29, 1.82) is 0 Å². The van der Waals surface area contributed by atoms with E-state index in [0.717, 1.165) is 22.6 Å². The van der Waals surface area contributed by atoms with Gasteiger partial charge in [0.2, 0.25) is 5.91 Å². The number of aryl methyl sites for hydroxylation is 1. The molecule has 1 amide bonds. The zero-order valence-corrected chi connectivity index (χ0v) is 10.5. The molecule has 1 aromatic heterocycles. The molecule has 0 fully saturated rings. The molecular formula is C13H16N4O. The minimum absolute atomic E-state index is 0.0872. The lowest BCUT2D eigenvalue weighted by Gasteiger charge is -2.03. The number of nitrogens with zero attached hydrogens (tertiary/aromatic N) is 2. The van der Waals surface area contributed by atoms with Crippen molar-refractivity contribution < 1.29 is 4.79 Å². The molecule has 3 N–H and O–H groups in total. The van der Waals surface area contributed by atoms with Gasteiger partial charge in [0, 0.05) is 31.8 Å². The molecule has 0 unspecified atom stereocenters. The molecule has 2 rings (SSSR count). The quantitative estimate of drug-likeness (QED) is 0.859. The molecule has 0 atom stereocenters. The van der Waals surface area contributed by atoms with Gasteiger partial charge in [-0.1, -0.05) is 12.1 Å². The molecule has 1 heterocycles. The van der Waals surface area contributed by atoms with Crippen molar-refractivity contribution in [3.05, 3.63) is 36.0 Å². The lowest BCUT2D eigenvalue weighted by atomic mass is 10.1. The van der Waals surface area contributed by atoms with Crippen molar-refractivity contribution in [1.82, 2.24) is 9.78 Å². The van der Waals surface area contributed by atoms with Crippen molar-refractivity contribution in [2.75, 3.05) is 5.32 Å². The predicted octanol–water partition coefficient (Wildman–Crippen LogP) is 1.50. The van der Waals surface area contributed by atoms with Gasteiger partial charge in [-0.05, 0) is 18.2 Å². The highest BCUT2D eigenvalue weighted by atomic mass is 16.1. The van der Waals surface area contributed by atoms with E-state index < -0.39 is 0 Å². The molecule has 0 bridgehead atoms. The molecule has 0 aliphatic rings. The van der Waals surface area contributed by atoms with E-state index >= 15 is 0 Å². The molecule has 5 heteroatoms. The molecule has 0 radical (unpaired) electrons. The summed E-state index contributed by atoms with van der Waals surface area (Å²) >= 11 is 0. The molecule has 94 valence electrons. The molecule has 0 spiro atoms. The summed E-state index contributed by atoms with van der Waals surface area (Å²) in [7, 11) is 1.86. The van der Waals surface area contributed by atoms with Crippen LogP contribution in [0.15, 0.2) is 30.3 Å². The third kappa shape index (κ3) is 2.57. The maximum Gasteiger partial charge on any atom is 0.221 e. The lowest BCUT2D eigenvalue weighted by molar-refractivity contribution is -0.114. The minimum Gasteiger partial charge on any atom is -0.326 e. The number of benzene rings is 1.